The largest absolute Gasteiger partial charge is 0.480 e. The van der Waals surface area contributed by atoms with Crippen molar-refractivity contribution in [3.8, 4) is 0 Å². The van der Waals surface area contributed by atoms with Crippen LogP contribution in [0.1, 0.15) is 18.4 Å². The second-order valence-electron chi connectivity index (χ2n) is 4.18. The van der Waals surface area contributed by atoms with Crippen molar-refractivity contribution in [1.29, 1.82) is 0 Å². The van der Waals surface area contributed by atoms with E-state index in [-0.39, 0.29) is 6.03 Å². The Hall–Kier alpha value is -2.08. The third-order valence-corrected chi connectivity index (χ3v) is 2.59. The third kappa shape index (κ3) is 6.42. The Balaban J connectivity index is 2.10. The quantitative estimate of drug-likeness (QED) is 0.544. The van der Waals surface area contributed by atoms with Gasteiger partial charge in [0.1, 0.15) is 6.04 Å². The van der Waals surface area contributed by atoms with Gasteiger partial charge < -0.3 is 21.5 Å². The Bertz CT molecular complexity index is 409. The summed E-state index contributed by atoms with van der Waals surface area (Å²) in [5, 5.41) is 13.9. The molecule has 0 saturated carbocycles. The van der Waals surface area contributed by atoms with Crippen molar-refractivity contribution in [3.05, 3.63) is 35.9 Å². The van der Waals surface area contributed by atoms with Gasteiger partial charge in [-0.1, -0.05) is 30.3 Å². The van der Waals surface area contributed by atoms with Crippen LogP contribution in [0.3, 0.4) is 0 Å². The molecule has 1 rings (SSSR count). The Morgan fingerprint density at radius 3 is 2.53 bits per heavy atom. The maximum absolute atomic E-state index is 11.4. The number of carboxylic acids is 1. The van der Waals surface area contributed by atoms with E-state index in [0.717, 1.165) is 5.56 Å². The highest BCUT2D eigenvalue weighted by Crippen LogP contribution is 1.97. The molecule has 0 bridgehead atoms. The predicted octanol–water partition coefficient (Wildman–Crippen LogP) is 0.678. The van der Waals surface area contributed by atoms with E-state index in [2.05, 4.69) is 10.6 Å². The number of amides is 2. The first kappa shape index (κ1) is 15.0. The number of aliphatic carboxylic acids is 1. The summed E-state index contributed by atoms with van der Waals surface area (Å²) in [6, 6.07) is 8.43. The molecule has 1 aromatic carbocycles. The second-order valence-corrected chi connectivity index (χ2v) is 4.18. The van der Waals surface area contributed by atoms with Crippen LogP contribution in [0.25, 0.3) is 0 Å². The first-order chi connectivity index (χ1) is 9.09. The standard InChI is InChI=1S/C13H19N3O3/c14-11(12(17)18)7-4-8-15-13(19)16-9-10-5-2-1-3-6-10/h1-3,5-6,11H,4,7-9,14H2,(H,17,18)(H2,15,16,19)/t11-/m0/s1. The molecule has 0 fully saturated rings. The van der Waals surface area contributed by atoms with Crippen LogP contribution >= 0.6 is 0 Å². The van der Waals surface area contributed by atoms with E-state index in [0.29, 0.717) is 25.9 Å². The van der Waals surface area contributed by atoms with Gasteiger partial charge in [0.15, 0.2) is 0 Å². The van der Waals surface area contributed by atoms with Crippen LogP contribution in [-0.4, -0.2) is 29.7 Å². The monoisotopic (exact) mass is 265 g/mol. The van der Waals surface area contributed by atoms with Crippen LogP contribution in [0.4, 0.5) is 4.79 Å². The van der Waals surface area contributed by atoms with Crippen LogP contribution < -0.4 is 16.4 Å². The lowest BCUT2D eigenvalue weighted by atomic mass is 10.2. The van der Waals surface area contributed by atoms with Crippen molar-refractivity contribution in [3.63, 3.8) is 0 Å². The summed E-state index contributed by atoms with van der Waals surface area (Å²) in [7, 11) is 0. The lowest BCUT2D eigenvalue weighted by molar-refractivity contribution is -0.138. The predicted molar refractivity (Wildman–Crippen MR) is 71.5 cm³/mol. The molecule has 0 saturated heterocycles. The fraction of sp³-hybridized carbons (Fsp3) is 0.385. The van der Waals surface area contributed by atoms with Gasteiger partial charge in [-0.25, -0.2) is 4.79 Å². The minimum Gasteiger partial charge on any atom is -0.480 e. The average Bonchev–Trinajstić information content (AvgIpc) is 2.42. The van der Waals surface area contributed by atoms with Crippen LogP contribution in [0.5, 0.6) is 0 Å². The molecule has 2 amide bonds. The van der Waals surface area contributed by atoms with E-state index in [1.165, 1.54) is 0 Å². The summed E-state index contributed by atoms with van der Waals surface area (Å²) < 4.78 is 0. The first-order valence-electron chi connectivity index (χ1n) is 6.13. The fourth-order valence-corrected chi connectivity index (χ4v) is 1.49. The maximum Gasteiger partial charge on any atom is 0.320 e. The number of nitrogens with one attached hydrogen (secondary N) is 2. The van der Waals surface area contributed by atoms with Gasteiger partial charge in [0, 0.05) is 13.1 Å². The zero-order valence-electron chi connectivity index (χ0n) is 10.6. The molecule has 6 heteroatoms. The normalized spacial score (nSPS) is 11.6. The molecule has 0 aliphatic rings. The van der Waals surface area contributed by atoms with E-state index in [4.69, 9.17) is 10.8 Å². The minimum atomic E-state index is -1.02. The van der Waals surface area contributed by atoms with E-state index < -0.39 is 12.0 Å². The lowest BCUT2D eigenvalue weighted by Crippen LogP contribution is -2.36. The zero-order valence-corrected chi connectivity index (χ0v) is 10.6. The first-order valence-corrected chi connectivity index (χ1v) is 6.13. The molecular weight excluding hydrogens is 246 g/mol. The van der Waals surface area contributed by atoms with Crippen molar-refractivity contribution in [2.24, 2.45) is 5.73 Å². The van der Waals surface area contributed by atoms with E-state index >= 15 is 0 Å². The smallest absolute Gasteiger partial charge is 0.320 e. The van der Waals surface area contributed by atoms with Gasteiger partial charge in [-0.2, -0.15) is 0 Å². The topological polar surface area (TPSA) is 104 Å². The van der Waals surface area contributed by atoms with Gasteiger partial charge in [-0.3, -0.25) is 4.79 Å². The maximum atomic E-state index is 11.4. The number of carboxylic acid groups (broad SMARTS) is 1. The molecule has 0 spiro atoms. The van der Waals surface area contributed by atoms with Gasteiger partial charge >= 0.3 is 12.0 Å². The van der Waals surface area contributed by atoms with Crippen LogP contribution in [-0.2, 0) is 11.3 Å². The summed E-state index contributed by atoms with van der Waals surface area (Å²) in [5.41, 5.74) is 6.36. The fourth-order valence-electron chi connectivity index (χ4n) is 1.49. The molecule has 0 aliphatic carbocycles. The Morgan fingerprint density at radius 1 is 1.21 bits per heavy atom. The third-order valence-electron chi connectivity index (χ3n) is 2.59. The van der Waals surface area contributed by atoms with E-state index in [1.807, 2.05) is 30.3 Å². The minimum absolute atomic E-state index is 0.271. The SMILES string of the molecule is N[C@@H](CCCNC(=O)NCc1ccccc1)C(=O)O. The summed E-state index contributed by atoms with van der Waals surface area (Å²) in [6.07, 6.45) is 0.876. The van der Waals surface area contributed by atoms with Crippen molar-refractivity contribution in [2.45, 2.75) is 25.4 Å². The highest BCUT2D eigenvalue weighted by atomic mass is 16.4. The summed E-state index contributed by atoms with van der Waals surface area (Å²) >= 11 is 0. The number of rotatable bonds is 7. The number of benzene rings is 1. The highest BCUT2D eigenvalue weighted by molar-refractivity contribution is 5.74. The van der Waals surface area contributed by atoms with Gasteiger partial charge in [0.2, 0.25) is 0 Å². The number of urea groups is 1. The summed E-state index contributed by atoms with van der Waals surface area (Å²) in [5.74, 6) is -1.02. The number of carbonyl (C=O) groups is 2. The van der Waals surface area contributed by atoms with Gasteiger partial charge in [-0.05, 0) is 18.4 Å². The number of hydrogen-bond donors (Lipinski definition) is 4. The summed E-state index contributed by atoms with van der Waals surface area (Å²) in [4.78, 5) is 21.9. The molecule has 0 aromatic heterocycles. The molecule has 0 radical (unpaired) electrons. The molecule has 0 heterocycles. The molecule has 1 atom stereocenters. The zero-order chi connectivity index (χ0) is 14.1. The van der Waals surface area contributed by atoms with Gasteiger partial charge in [-0.15, -0.1) is 0 Å². The lowest BCUT2D eigenvalue weighted by Gasteiger charge is -2.09. The van der Waals surface area contributed by atoms with Crippen molar-refractivity contribution < 1.29 is 14.7 Å². The Labute approximate surface area is 112 Å². The molecule has 6 nitrogen and oxygen atoms in total. The van der Waals surface area contributed by atoms with Gasteiger partial charge in [0.25, 0.3) is 0 Å². The Morgan fingerprint density at radius 2 is 1.89 bits per heavy atom. The molecule has 0 unspecified atom stereocenters. The van der Waals surface area contributed by atoms with Crippen LogP contribution in [0.15, 0.2) is 30.3 Å². The Kier molecular flexibility index (Phi) is 6.38. The summed E-state index contributed by atoms with van der Waals surface area (Å²) in [6.45, 7) is 0.864. The molecule has 0 aliphatic heterocycles. The molecule has 19 heavy (non-hydrogen) atoms. The van der Waals surface area contributed by atoms with Gasteiger partial charge in [0.05, 0.1) is 0 Å². The second kappa shape index (κ2) is 8.10. The molecule has 104 valence electrons. The highest BCUT2D eigenvalue weighted by Gasteiger charge is 2.10. The van der Waals surface area contributed by atoms with Crippen LogP contribution in [0, 0.1) is 0 Å². The molecule has 1 aromatic rings. The van der Waals surface area contributed by atoms with Crippen molar-refractivity contribution in [1.82, 2.24) is 10.6 Å². The average molecular weight is 265 g/mol. The van der Waals surface area contributed by atoms with Crippen LogP contribution in [0.2, 0.25) is 0 Å². The van der Waals surface area contributed by atoms with Crippen molar-refractivity contribution in [2.75, 3.05) is 6.54 Å². The number of hydrogen-bond acceptors (Lipinski definition) is 3. The number of carbonyl (C=O) groups excluding carboxylic acids is 1. The number of nitrogens with two attached hydrogens (primary N) is 1. The van der Waals surface area contributed by atoms with Crippen molar-refractivity contribution >= 4 is 12.0 Å². The molecular formula is C13H19N3O3. The molecule has 5 N–H and O–H groups in total. The van der Waals surface area contributed by atoms with E-state index in [9.17, 15) is 9.59 Å². The van der Waals surface area contributed by atoms with E-state index in [1.54, 1.807) is 0 Å².